The molecule has 26 heavy (non-hydrogen) atoms. The summed E-state index contributed by atoms with van der Waals surface area (Å²) in [6.07, 6.45) is 0. The predicted octanol–water partition coefficient (Wildman–Crippen LogP) is 2.06. The van der Waals surface area contributed by atoms with Gasteiger partial charge in [0.15, 0.2) is 0 Å². The van der Waals surface area contributed by atoms with Crippen LogP contribution in [0.4, 0.5) is 0 Å². The van der Waals surface area contributed by atoms with Crippen molar-refractivity contribution in [2.45, 2.75) is 0 Å². The van der Waals surface area contributed by atoms with Crippen LogP contribution in [0.3, 0.4) is 0 Å². The van der Waals surface area contributed by atoms with Gasteiger partial charge in [-0.15, -0.1) is 0 Å². The topological polar surface area (TPSA) is 115 Å². The van der Waals surface area contributed by atoms with Crippen LogP contribution in [0.15, 0.2) is 60.7 Å². The summed E-state index contributed by atoms with van der Waals surface area (Å²) in [4.78, 5) is 0. The lowest BCUT2D eigenvalue weighted by atomic mass is 10.1. The van der Waals surface area contributed by atoms with Gasteiger partial charge in [0.05, 0.1) is 0 Å². The molecule has 0 saturated heterocycles. The van der Waals surface area contributed by atoms with Gasteiger partial charge in [-0.3, -0.25) is 9.11 Å². The van der Waals surface area contributed by atoms with Crippen LogP contribution < -0.4 is 0 Å². The summed E-state index contributed by atoms with van der Waals surface area (Å²) < 4.78 is 56.7. The highest BCUT2D eigenvalue weighted by atomic mass is 32.2. The Labute approximate surface area is 155 Å². The number of nitrogens with zero attached hydrogens (tertiary/aromatic N) is 2. The minimum absolute atomic E-state index is 0.715. The molecule has 2 N–H and O–H groups in total. The molecule has 0 aliphatic rings. The van der Waals surface area contributed by atoms with E-state index >= 15 is 0 Å². The van der Waals surface area contributed by atoms with E-state index in [1.165, 1.54) is 39.3 Å². The Bertz CT molecular complexity index is 763. The van der Waals surface area contributed by atoms with Gasteiger partial charge in [-0.05, 0) is 11.1 Å². The predicted molar refractivity (Wildman–Crippen MR) is 102 cm³/mol. The van der Waals surface area contributed by atoms with E-state index in [0.717, 1.165) is 0 Å². The first-order chi connectivity index (χ1) is 11.9. The smallest absolute Gasteiger partial charge is 0.273 e. The lowest BCUT2D eigenvalue weighted by Gasteiger charge is -2.00. The third-order valence-electron chi connectivity index (χ3n) is 2.80. The Morgan fingerprint density at radius 3 is 0.923 bits per heavy atom. The summed E-state index contributed by atoms with van der Waals surface area (Å²) in [7, 11) is -2.83. The first kappa shape index (κ1) is 24.2. The van der Waals surface area contributed by atoms with Crippen molar-refractivity contribution >= 4 is 20.6 Å². The quantitative estimate of drug-likeness (QED) is 0.757. The van der Waals surface area contributed by atoms with Crippen LogP contribution in [0, 0.1) is 0 Å². The van der Waals surface area contributed by atoms with E-state index in [2.05, 4.69) is 48.5 Å². The zero-order chi connectivity index (χ0) is 20.4. The molecule has 2 aromatic rings. The Morgan fingerprint density at radius 1 is 0.577 bits per heavy atom. The molecule has 0 atom stereocenters. The maximum absolute atomic E-state index is 9.81. The van der Waals surface area contributed by atoms with E-state index in [0.29, 0.717) is 8.61 Å². The molecule has 2 aromatic carbocycles. The zero-order valence-electron chi connectivity index (χ0n) is 15.0. The van der Waals surface area contributed by atoms with Crippen LogP contribution in [0.5, 0.6) is 0 Å². The Hall–Kier alpha value is -1.82. The molecule has 0 aliphatic heterocycles. The summed E-state index contributed by atoms with van der Waals surface area (Å²) in [5.74, 6) is 0. The molecule has 0 aromatic heterocycles. The van der Waals surface area contributed by atoms with Crippen molar-refractivity contribution in [2.24, 2.45) is 0 Å². The Balaban J connectivity index is 0.000000390. The maximum atomic E-state index is 9.81. The Morgan fingerprint density at radius 2 is 0.769 bits per heavy atom. The minimum Gasteiger partial charge on any atom is -0.273 e. The highest BCUT2D eigenvalue weighted by Crippen LogP contribution is 2.17. The van der Waals surface area contributed by atoms with Crippen molar-refractivity contribution in [1.29, 1.82) is 0 Å². The Kier molecular flexibility index (Phi) is 10.2. The SMILES string of the molecule is CN(C)S(=O)(=O)O.CN(C)S(=O)(=O)O.c1ccc(-c2ccccc2)cc1. The summed E-state index contributed by atoms with van der Waals surface area (Å²) >= 11 is 0. The second-order valence-electron chi connectivity index (χ2n) is 5.25. The fraction of sp³-hybridized carbons (Fsp3) is 0.250. The molecule has 0 heterocycles. The lowest BCUT2D eigenvalue weighted by molar-refractivity contribution is 0.414. The largest absolute Gasteiger partial charge is 0.335 e. The van der Waals surface area contributed by atoms with E-state index in [1.54, 1.807) is 0 Å². The highest BCUT2D eigenvalue weighted by Gasteiger charge is 2.04. The molecular weight excluding hydrogens is 380 g/mol. The molecular formula is C16H24N2O6S2. The molecule has 10 heteroatoms. The molecule has 0 saturated carbocycles. The molecule has 8 nitrogen and oxygen atoms in total. The second kappa shape index (κ2) is 11.0. The van der Waals surface area contributed by atoms with Crippen molar-refractivity contribution in [3.63, 3.8) is 0 Å². The van der Waals surface area contributed by atoms with Gasteiger partial charge in [-0.1, -0.05) is 60.7 Å². The third kappa shape index (κ3) is 10.9. The van der Waals surface area contributed by atoms with E-state index in [1.807, 2.05) is 12.1 Å². The van der Waals surface area contributed by atoms with E-state index in [4.69, 9.17) is 9.11 Å². The van der Waals surface area contributed by atoms with Gasteiger partial charge < -0.3 is 0 Å². The summed E-state index contributed by atoms with van der Waals surface area (Å²) in [6, 6.07) is 20.8. The van der Waals surface area contributed by atoms with Crippen molar-refractivity contribution in [3.05, 3.63) is 60.7 Å². The summed E-state index contributed by atoms with van der Waals surface area (Å²) in [6.45, 7) is 0. The standard InChI is InChI=1S/C12H10.2C2H7NO3S/c1-3-7-11(8-4-1)12-9-5-2-6-10-12;2*1-3(2)7(4,5)6/h1-10H;2*1-2H3,(H,4,5,6). The van der Waals surface area contributed by atoms with Gasteiger partial charge in [0.2, 0.25) is 0 Å². The van der Waals surface area contributed by atoms with Gasteiger partial charge in [-0.25, -0.2) is 0 Å². The first-order valence-corrected chi connectivity index (χ1v) is 10.1. The fourth-order valence-corrected chi connectivity index (χ4v) is 1.26. The molecule has 0 radical (unpaired) electrons. The van der Waals surface area contributed by atoms with Crippen LogP contribution in [0.25, 0.3) is 11.1 Å². The van der Waals surface area contributed by atoms with Gasteiger partial charge in [0.25, 0.3) is 0 Å². The van der Waals surface area contributed by atoms with Crippen LogP contribution in [-0.2, 0) is 20.6 Å². The summed E-state index contributed by atoms with van der Waals surface area (Å²) in [5.41, 5.74) is 2.55. The van der Waals surface area contributed by atoms with Crippen molar-refractivity contribution in [1.82, 2.24) is 8.61 Å². The van der Waals surface area contributed by atoms with Crippen LogP contribution >= 0.6 is 0 Å². The summed E-state index contributed by atoms with van der Waals surface area (Å²) in [5, 5.41) is 0. The second-order valence-corrected chi connectivity index (χ2v) is 8.50. The maximum Gasteiger partial charge on any atom is 0.335 e. The molecule has 0 spiro atoms. The lowest BCUT2D eigenvalue weighted by Crippen LogP contribution is -2.20. The first-order valence-electron chi connectivity index (χ1n) is 7.26. The van der Waals surface area contributed by atoms with Crippen molar-refractivity contribution in [2.75, 3.05) is 28.2 Å². The van der Waals surface area contributed by atoms with Crippen molar-refractivity contribution in [3.8, 4) is 11.1 Å². The van der Waals surface area contributed by atoms with E-state index < -0.39 is 20.6 Å². The zero-order valence-corrected chi connectivity index (χ0v) is 16.6. The monoisotopic (exact) mass is 404 g/mol. The van der Waals surface area contributed by atoms with Crippen LogP contribution in [-0.4, -0.2) is 62.7 Å². The number of rotatable bonds is 3. The molecule has 0 fully saturated rings. The molecule has 146 valence electrons. The fourth-order valence-electron chi connectivity index (χ4n) is 1.26. The molecule has 0 amide bonds. The molecule has 0 unspecified atom stereocenters. The van der Waals surface area contributed by atoms with Crippen LogP contribution in [0.1, 0.15) is 0 Å². The number of benzene rings is 2. The number of hydrogen-bond acceptors (Lipinski definition) is 4. The normalized spacial score (nSPS) is 11.2. The van der Waals surface area contributed by atoms with E-state index in [-0.39, 0.29) is 0 Å². The van der Waals surface area contributed by atoms with Gasteiger partial charge >= 0.3 is 20.6 Å². The van der Waals surface area contributed by atoms with Gasteiger partial charge in [0, 0.05) is 28.2 Å². The third-order valence-corrected chi connectivity index (χ3v) is 4.65. The highest BCUT2D eigenvalue weighted by molar-refractivity contribution is 7.83. The average Bonchev–Trinajstić information content (AvgIpc) is 2.56. The van der Waals surface area contributed by atoms with Crippen molar-refractivity contribution < 1.29 is 25.9 Å². The molecule has 0 aliphatic carbocycles. The van der Waals surface area contributed by atoms with Crippen LogP contribution in [0.2, 0.25) is 0 Å². The average molecular weight is 405 g/mol. The van der Waals surface area contributed by atoms with Gasteiger partial charge in [-0.2, -0.15) is 25.4 Å². The minimum atomic E-state index is -3.91. The number of hydrogen-bond donors (Lipinski definition) is 2. The molecule has 0 bridgehead atoms. The van der Waals surface area contributed by atoms with E-state index in [9.17, 15) is 16.8 Å². The molecule has 2 rings (SSSR count). The van der Waals surface area contributed by atoms with Gasteiger partial charge in [0.1, 0.15) is 0 Å².